The SMILES string of the molecule is Nc1c([N+](=O)[O-])cc2scnc2c1Br. The molecule has 0 unspecified atom stereocenters. The number of nitro benzene ring substituents is 1. The van der Waals surface area contributed by atoms with E-state index in [0.717, 1.165) is 4.70 Å². The highest BCUT2D eigenvalue weighted by atomic mass is 79.9. The van der Waals surface area contributed by atoms with E-state index in [1.807, 2.05) is 0 Å². The lowest BCUT2D eigenvalue weighted by Gasteiger charge is -2.00. The molecule has 0 radical (unpaired) electrons. The standard InChI is InChI=1S/C7H4BrN3O2S/c8-5-6(9)3(11(12)13)1-4-7(5)10-2-14-4/h1-2H,9H2. The van der Waals surface area contributed by atoms with E-state index in [-0.39, 0.29) is 11.4 Å². The van der Waals surface area contributed by atoms with Gasteiger partial charge in [-0.15, -0.1) is 11.3 Å². The van der Waals surface area contributed by atoms with Crippen LogP contribution >= 0.6 is 27.3 Å². The van der Waals surface area contributed by atoms with E-state index in [1.165, 1.54) is 17.4 Å². The third-order valence-corrected chi connectivity index (χ3v) is 3.36. The highest BCUT2D eigenvalue weighted by molar-refractivity contribution is 9.10. The molecule has 0 bridgehead atoms. The topological polar surface area (TPSA) is 82.0 Å². The Morgan fingerprint density at radius 3 is 3.00 bits per heavy atom. The number of halogens is 1. The molecule has 0 fully saturated rings. The molecule has 0 amide bonds. The van der Waals surface area contributed by atoms with Crippen LogP contribution < -0.4 is 5.73 Å². The Morgan fingerprint density at radius 1 is 1.64 bits per heavy atom. The molecule has 2 N–H and O–H groups in total. The number of anilines is 1. The summed E-state index contributed by atoms with van der Waals surface area (Å²) in [5, 5.41) is 10.6. The zero-order chi connectivity index (χ0) is 10.3. The summed E-state index contributed by atoms with van der Waals surface area (Å²) >= 11 is 4.53. The van der Waals surface area contributed by atoms with Crippen LogP contribution in [0.4, 0.5) is 11.4 Å². The maximum absolute atomic E-state index is 10.6. The molecule has 0 saturated heterocycles. The van der Waals surface area contributed by atoms with Gasteiger partial charge < -0.3 is 5.73 Å². The van der Waals surface area contributed by atoms with Crippen LogP contribution in [0.5, 0.6) is 0 Å². The fourth-order valence-electron chi connectivity index (χ4n) is 1.12. The van der Waals surface area contributed by atoms with Gasteiger partial charge in [-0.3, -0.25) is 10.1 Å². The lowest BCUT2D eigenvalue weighted by molar-refractivity contribution is -0.383. The fraction of sp³-hybridized carbons (Fsp3) is 0. The second-order valence-corrected chi connectivity index (χ2v) is 4.26. The number of benzene rings is 1. The number of hydrogen-bond acceptors (Lipinski definition) is 5. The number of rotatable bonds is 1. The average Bonchev–Trinajstić information content (AvgIpc) is 2.58. The zero-order valence-corrected chi connectivity index (χ0v) is 9.13. The first-order chi connectivity index (χ1) is 6.61. The molecule has 72 valence electrons. The molecule has 1 heterocycles. The lowest BCUT2D eigenvalue weighted by atomic mass is 10.2. The van der Waals surface area contributed by atoms with E-state index < -0.39 is 4.92 Å². The smallest absolute Gasteiger partial charge is 0.294 e. The molecule has 1 aromatic heterocycles. The number of nitrogen functional groups attached to an aromatic ring is 1. The lowest BCUT2D eigenvalue weighted by Crippen LogP contribution is -1.96. The van der Waals surface area contributed by atoms with Gasteiger partial charge in [0, 0.05) is 6.07 Å². The number of nitro groups is 1. The third-order valence-electron chi connectivity index (χ3n) is 1.78. The predicted octanol–water partition coefficient (Wildman–Crippen LogP) is 2.55. The van der Waals surface area contributed by atoms with Gasteiger partial charge in [0.25, 0.3) is 5.69 Å². The third kappa shape index (κ3) is 1.25. The van der Waals surface area contributed by atoms with Crippen LogP contribution in [0.3, 0.4) is 0 Å². The first-order valence-corrected chi connectivity index (χ1v) is 5.24. The van der Waals surface area contributed by atoms with Gasteiger partial charge in [0.2, 0.25) is 0 Å². The van der Waals surface area contributed by atoms with Crippen molar-refractivity contribution in [1.82, 2.24) is 4.98 Å². The summed E-state index contributed by atoms with van der Waals surface area (Å²) in [7, 11) is 0. The second kappa shape index (κ2) is 3.18. The quantitative estimate of drug-likeness (QED) is 0.492. The van der Waals surface area contributed by atoms with Crippen molar-refractivity contribution in [3.8, 4) is 0 Å². The van der Waals surface area contributed by atoms with Crippen LogP contribution in [-0.4, -0.2) is 9.91 Å². The molecule has 0 aliphatic rings. The van der Waals surface area contributed by atoms with Crippen LogP contribution in [0, 0.1) is 10.1 Å². The van der Waals surface area contributed by atoms with Crippen molar-refractivity contribution in [2.45, 2.75) is 0 Å². The van der Waals surface area contributed by atoms with E-state index in [9.17, 15) is 10.1 Å². The summed E-state index contributed by atoms with van der Waals surface area (Å²) in [5.41, 5.74) is 7.90. The van der Waals surface area contributed by atoms with Gasteiger partial charge in [-0.1, -0.05) is 0 Å². The molecule has 0 saturated carbocycles. The highest BCUT2D eigenvalue weighted by Gasteiger charge is 2.18. The van der Waals surface area contributed by atoms with Crippen molar-refractivity contribution in [2.24, 2.45) is 0 Å². The molecule has 0 aliphatic heterocycles. The number of nitrogens with two attached hydrogens (primary N) is 1. The minimum atomic E-state index is -0.501. The van der Waals surface area contributed by atoms with Gasteiger partial charge in [-0.25, -0.2) is 4.98 Å². The summed E-state index contributed by atoms with van der Waals surface area (Å²) in [5.74, 6) is 0. The monoisotopic (exact) mass is 273 g/mol. The number of nitrogens with zero attached hydrogens (tertiary/aromatic N) is 2. The van der Waals surface area contributed by atoms with E-state index >= 15 is 0 Å². The normalized spacial score (nSPS) is 10.6. The Bertz CT molecular complexity index is 525. The summed E-state index contributed by atoms with van der Waals surface area (Å²) in [6.45, 7) is 0. The van der Waals surface area contributed by atoms with Crippen LogP contribution in [0.1, 0.15) is 0 Å². The molecule has 7 heteroatoms. The van der Waals surface area contributed by atoms with Crippen molar-refractivity contribution in [3.05, 3.63) is 26.2 Å². The van der Waals surface area contributed by atoms with Crippen molar-refractivity contribution < 1.29 is 4.92 Å². The molecular formula is C7H4BrN3O2S. The largest absolute Gasteiger partial charge is 0.392 e. The Kier molecular flexibility index (Phi) is 2.12. The molecule has 5 nitrogen and oxygen atoms in total. The van der Waals surface area contributed by atoms with E-state index in [1.54, 1.807) is 5.51 Å². The first kappa shape index (κ1) is 9.35. The van der Waals surface area contributed by atoms with Crippen molar-refractivity contribution in [3.63, 3.8) is 0 Å². The van der Waals surface area contributed by atoms with Gasteiger partial charge in [-0.2, -0.15) is 0 Å². The van der Waals surface area contributed by atoms with Crippen LogP contribution in [0.2, 0.25) is 0 Å². The van der Waals surface area contributed by atoms with Crippen molar-refractivity contribution in [2.75, 3.05) is 5.73 Å². The molecule has 2 rings (SSSR count). The first-order valence-electron chi connectivity index (χ1n) is 3.57. The number of thiazole rings is 1. The summed E-state index contributed by atoms with van der Waals surface area (Å²) in [6, 6.07) is 1.44. The molecule has 2 aromatic rings. The van der Waals surface area contributed by atoms with Gasteiger partial charge in [0.15, 0.2) is 0 Å². The van der Waals surface area contributed by atoms with Crippen LogP contribution in [-0.2, 0) is 0 Å². The van der Waals surface area contributed by atoms with E-state index in [0.29, 0.717) is 9.99 Å². The summed E-state index contributed by atoms with van der Waals surface area (Å²) < 4.78 is 1.24. The molecule has 0 spiro atoms. The Labute approximate surface area is 90.8 Å². The summed E-state index contributed by atoms with van der Waals surface area (Å²) in [6.07, 6.45) is 0. The molecule has 14 heavy (non-hydrogen) atoms. The van der Waals surface area contributed by atoms with E-state index in [4.69, 9.17) is 5.73 Å². The number of aromatic nitrogens is 1. The average molecular weight is 274 g/mol. The Balaban J connectivity index is 2.87. The van der Waals surface area contributed by atoms with Crippen LogP contribution in [0.25, 0.3) is 10.2 Å². The number of fused-ring (bicyclic) bond motifs is 1. The predicted molar refractivity (Wildman–Crippen MR) is 58.4 cm³/mol. The zero-order valence-electron chi connectivity index (χ0n) is 6.73. The summed E-state index contributed by atoms with van der Waals surface area (Å²) in [4.78, 5) is 14.2. The molecule has 0 atom stereocenters. The fourth-order valence-corrected chi connectivity index (χ4v) is 2.48. The number of hydrogen-bond donors (Lipinski definition) is 1. The minimum Gasteiger partial charge on any atom is -0.392 e. The maximum Gasteiger partial charge on any atom is 0.294 e. The van der Waals surface area contributed by atoms with Crippen molar-refractivity contribution >= 4 is 48.9 Å². The highest BCUT2D eigenvalue weighted by Crippen LogP contribution is 2.37. The second-order valence-electron chi connectivity index (χ2n) is 2.58. The Hall–Kier alpha value is -1.21. The molecule has 1 aromatic carbocycles. The maximum atomic E-state index is 10.6. The van der Waals surface area contributed by atoms with E-state index in [2.05, 4.69) is 20.9 Å². The van der Waals surface area contributed by atoms with Gasteiger partial charge >= 0.3 is 0 Å². The van der Waals surface area contributed by atoms with Crippen LogP contribution in [0.15, 0.2) is 16.0 Å². The Morgan fingerprint density at radius 2 is 2.36 bits per heavy atom. The minimum absolute atomic E-state index is 0.0892. The molecule has 0 aliphatic carbocycles. The van der Waals surface area contributed by atoms with Gasteiger partial charge in [0.1, 0.15) is 5.69 Å². The molecular weight excluding hydrogens is 270 g/mol. The van der Waals surface area contributed by atoms with Gasteiger partial charge in [-0.05, 0) is 15.9 Å². The van der Waals surface area contributed by atoms with Gasteiger partial charge in [0.05, 0.1) is 25.1 Å². The van der Waals surface area contributed by atoms with Crippen molar-refractivity contribution in [1.29, 1.82) is 0 Å².